The molecular weight excluding hydrogens is 306 g/mol. The van der Waals surface area contributed by atoms with Crippen molar-refractivity contribution in [2.75, 3.05) is 13.1 Å². The van der Waals surface area contributed by atoms with Crippen LogP contribution in [0.5, 0.6) is 0 Å². The Morgan fingerprint density at radius 1 is 1.17 bits per heavy atom. The van der Waals surface area contributed by atoms with Gasteiger partial charge >= 0.3 is 0 Å². The summed E-state index contributed by atoms with van der Waals surface area (Å²) in [6.07, 6.45) is 1.83. The van der Waals surface area contributed by atoms with Gasteiger partial charge in [-0.2, -0.15) is 0 Å². The molecule has 0 unspecified atom stereocenters. The molecule has 6 nitrogen and oxygen atoms in total. The average molecular weight is 333 g/mol. The van der Waals surface area contributed by atoms with Crippen molar-refractivity contribution in [2.45, 2.75) is 53.1 Å². The first-order valence-electron chi connectivity index (χ1n) is 8.37. The van der Waals surface area contributed by atoms with Gasteiger partial charge in [0.15, 0.2) is 0 Å². The van der Waals surface area contributed by atoms with Gasteiger partial charge in [-0.1, -0.05) is 26.8 Å². The Kier molecular flexibility index (Phi) is 5.16. The number of H-pyrrole nitrogens is 1. The lowest BCUT2D eigenvalue weighted by Gasteiger charge is -2.46. The van der Waals surface area contributed by atoms with Crippen molar-refractivity contribution in [3.05, 3.63) is 34.2 Å². The van der Waals surface area contributed by atoms with Gasteiger partial charge in [0.05, 0.1) is 6.42 Å². The van der Waals surface area contributed by atoms with E-state index in [2.05, 4.69) is 4.98 Å². The number of amides is 2. The van der Waals surface area contributed by atoms with E-state index in [1.165, 1.54) is 6.07 Å². The first-order chi connectivity index (χ1) is 11.1. The molecule has 0 spiro atoms. The normalized spacial score (nSPS) is 21.7. The zero-order valence-electron chi connectivity index (χ0n) is 15.1. The SMILES string of the molecule is C[C@@H]1CN(C(=O)C(C)(C)C)C[C@@H](C)N1C(=O)Cc1ccc(=O)[nH]c1. The van der Waals surface area contributed by atoms with Crippen LogP contribution in [0.4, 0.5) is 0 Å². The maximum atomic E-state index is 12.7. The van der Waals surface area contributed by atoms with E-state index >= 15 is 0 Å². The molecule has 1 aromatic rings. The Morgan fingerprint density at radius 2 is 1.75 bits per heavy atom. The maximum Gasteiger partial charge on any atom is 0.247 e. The van der Waals surface area contributed by atoms with Crippen molar-refractivity contribution in [1.29, 1.82) is 0 Å². The van der Waals surface area contributed by atoms with E-state index in [4.69, 9.17) is 0 Å². The topological polar surface area (TPSA) is 73.5 Å². The van der Waals surface area contributed by atoms with Crippen molar-refractivity contribution in [2.24, 2.45) is 5.41 Å². The van der Waals surface area contributed by atoms with Crippen molar-refractivity contribution in [1.82, 2.24) is 14.8 Å². The summed E-state index contributed by atoms with van der Waals surface area (Å²) in [6, 6.07) is 3.03. The molecule has 2 amide bonds. The van der Waals surface area contributed by atoms with Crippen LogP contribution in [-0.2, 0) is 16.0 Å². The largest absolute Gasteiger partial charge is 0.338 e. The number of hydrogen-bond donors (Lipinski definition) is 1. The van der Waals surface area contributed by atoms with E-state index in [1.807, 2.05) is 44.4 Å². The second-order valence-corrected chi connectivity index (χ2v) is 7.70. The predicted octanol–water partition coefficient (Wildman–Crippen LogP) is 1.41. The molecule has 132 valence electrons. The number of nitrogens with one attached hydrogen (secondary N) is 1. The van der Waals surface area contributed by atoms with E-state index in [0.29, 0.717) is 13.1 Å². The van der Waals surface area contributed by atoms with Crippen LogP contribution < -0.4 is 5.56 Å². The van der Waals surface area contributed by atoms with Crippen LogP contribution in [0.2, 0.25) is 0 Å². The molecule has 1 N–H and O–H groups in total. The zero-order chi connectivity index (χ0) is 18.1. The van der Waals surface area contributed by atoms with E-state index in [0.717, 1.165) is 5.56 Å². The van der Waals surface area contributed by atoms with Crippen LogP contribution in [0.25, 0.3) is 0 Å². The number of aromatic nitrogens is 1. The molecule has 1 fully saturated rings. The highest BCUT2D eigenvalue weighted by Gasteiger charge is 2.37. The third kappa shape index (κ3) is 4.04. The number of hydrogen-bond acceptors (Lipinski definition) is 3. The van der Waals surface area contributed by atoms with Gasteiger partial charge in [0.25, 0.3) is 0 Å². The molecule has 0 aliphatic carbocycles. The van der Waals surface area contributed by atoms with Crippen LogP contribution in [0, 0.1) is 5.41 Å². The second-order valence-electron chi connectivity index (χ2n) is 7.70. The van der Waals surface area contributed by atoms with Gasteiger partial charge in [-0.25, -0.2) is 0 Å². The highest BCUT2D eigenvalue weighted by molar-refractivity contribution is 5.83. The fourth-order valence-corrected chi connectivity index (χ4v) is 3.27. The quantitative estimate of drug-likeness (QED) is 0.889. The lowest BCUT2D eigenvalue weighted by atomic mass is 9.93. The molecule has 6 heteroatoms. The van der Waals surface area contributed by atoms with E-state index in [1.54, 1.807) is 12.3 Å². The molecule has 1 aromatic heterocycles. The van der Waals surface area contributed by atoms with Gasteiger partial charge in [0, 0.05) is 42.9 Å². The standard InChI is InChI=1S/C18H27N3O3/c1-12-10-20(17(24)18(3,4)5)11-13(2)21(12)16(23)8-14-6-7-15(22)19-9-14/h6-7,9,12-13H,8,10-11H2,1-5H3,(H,19,22)/t12-,13-/m1/s1. The minimum atomic E-state index is -0.415. The first kappa shape index (κ1) is 18.2. The molecule has 0 aromatic carbocycles. The number of aromatic amines is 1. The fourth-order valence-electron chi connectivity index (χ4n) is 3.27. The molecule has 2 atom stereocenters. The monoisotopic (exact) mass is 333 g/mol. The summed E-state index contributed by atoms with van der Waals surface area (Å²) in [6.45, 7) is 10.8. The molecule has 2 rings (SSSR count). The summed E-state index contributed by atoms with van der Waals surface area (Å²) in [4.78, 5) is 42.6. The molecule has 0 bridgehead atoms. The Morgan fingerprint density at radius 3 is 2.21 bits per heavy atom. The minimum absolute atomic E-state index is 0.0184. The Labute approximate surface area is 142 Å². The van der Waals surface area contributed by atoms with E-state index in [-0.39, 0.29) is 35.9 Å². The molecule has 0 saturated carbocycles. The Hall–Kier alpha value is -2.11. The highest BCUT2D eigenvalue weighted by atomic mass is 16.2. The molecule has 1 aliphatic heterocycles. The smallest absolute Gasteiger partial charge is 0.247 e. The zero-order valence-corrected chi connectivity index (χ0v) is 15.1. The van der Waals surface area contributed by atoms with Crippen molar-refractivity contribution >= 4 is 11.8 Å². The summed E-state index contributed by atoms with van der Waals surface area (Å²) in [5.41, 5.74) is 0.191. The van der Waals surface area contributed by atoms with Gasteiger partial charge in [0.1, 0.15) is 0 Å². The number of carbonyl (C=O) groups excluding carboxylic acids is 2. The summed E-state index contributed by atoms with van der Waals surface area (Å²) in [7, 11) is 0. The fraction of sp³-hybridized carbons (Fsp3) is 0.611. The second kappa shape index (κ2) is 6.79. The average Bonchev–Trinajstić information content (AvgIpc) is 2.47. The van der Waals surface area contributed by atoms with Crippen LogP contribution in [0.1, 0.15) is 40.2 Å². The number of pyridine rings is 1. The van der Waals surface area contributed by atoms with Crippen LogP contribution in [-0.4, -0.2) is 51.8 Å². The number of carbonyl (C=O) groups is 2. The van der Waals surface area contributed by atoms with Crippen LogP contribution in [0.3, 0.4) is 0 Å². The molecule has 24 heavy (non-hydrogen) atoms. The van der Waals surface area contributed by atoms with Crippen molar-refractivity contribution in [3.63, 3.8) is 0 Å². The highest BCUT2D eigenvalue weighted by Crippen LogP contribution is 2.23. The number of nitrogens with zero attached hydrogens (tertiary/aromatic N) is 2. The first-order valence-corrected chi connectivity index (χ1v) is 8.37. The van der Waals surface area contributed by atoms with Crippen molar-refractivity contribution < 1.29 is 9.59 Å². The lowest BCUT2D eigenvalue weighted by molar-refractivity contribution is -0.150. The van der Waals surface area contributed by atoms with Gasteiger partial charge in [-0.15, -0.1) is 0 Å². The predicted molar refractivity (Wildman–Crippen MR) is 92.6 cm³/mol. The summed E-state index contributed by atoms with van der Waals surface area (Å²) in [5.74, 6) is 0.138. The summed E-state index contributed by atoms with van der Waals surface area (Å²) >= 11 is 0. The van der Waals surface area contributed by atoms with Gasteiger partial charge < -0.3 is 14.8 Å². The van der Waals surface area contributed by atoms with E-state index < -0.39 is 5.41 Å². The Balaban J connectivity index is 2.07. The maximum absolute atomic E-state index is 12.7. The van der Waals surface area contributed by atoms with Crippen LogP contribution in [0.15, 0.2) is 23.1 Å². The molecular formula is C18H27N3O3. The molecule has 2 heterocycles. The van der Waals surface area contributed by atoms with Gasteiger partial charge in [-0.3, -0.25) is 14.4 Å². The van der Waals surface area contributed by atoms with Gasteiger partial charge in [0.2, 0.25) is 17.4 Å². The third-order valence-corrected chi connectivity index (χ3v) is 4.34. The summed E-state index contributed by atoms with van der Waals surface area (Å²) in [5, 5.41) is 0. The Bertz CT molecular complexity index is 642. The lowest BCUT2D eigenvalue weighted by Crippen LogP contribution is -2.61. The van der Waals surface area contributed by atoms with E-state index in [9.17, 15) is 14.4 Å². The van der Waals surface area contributed by atoms with Crippen molar-refractivity contribution in [3.8, 4) is 0 Å². The number of rotatable bonds is 2. The molecule has 1 aliphatic rings. The minimum Gasteiger partial charge on any atom is -0.338 e. The molecule has 1 saturated heterocycles. The third-order valence-electron chi connectivity index (χ3n) is 4.34. The number of piperazine rings is 1. The van der Waals surface area contributed by atoms with Gasteiger partial charge in [-0.05, 0) is 19.4 Å². The molecule has 0 radical (unpaired) electrons. The summed E-state index contributed by atoms with van der Waals surface area (Å²) < 4.78 is 0. The van der Waals surface area contributed by atoms with Crippen LogP contribution >= 0.6 is 0 Å².